The number of carbonyl (C=O) groups is 2. The smallest absolute Gasteiger partial charge is 0.264 e. The largest absolute Gasteiger partial charge is 0.349 e. The zero-order valence-corrected chi connectivity index (χ0v) is 23.0. The summed E-state index contributed by atoms with van der Waals surface area (Å²) in [5.41, 5.74) is 3.75. The van der Waals surface area contributed by atoms with Crippen LogP contribution in [0.2, 0.25) is 0 Å². The Morgan fingerprint density at radius 2 is 1.55 bits per heavy atom. The number of sulfonamides is 1. The van der Waals surface area contributed by atoms with Gasteiger partial charge in [-0.05, 0) is 75.1 Å². The van der Waals surface area contributed by atoms with Crippen LogP contribution in [0.4, 0.5) is 11.4 Å². The van der Waals surface area contributed by atoms with E-state index in [-0.39, 0.29) is 16.8 Å². The van der Waals surface area contributed by atoms with Crippen LogP contribution in [0.25, 0.3) is 0 Å². The van der Waals surface area contributed by atoms with Gasteiger partial charge in [-0.3, -0.25) is 13.9 Å². The predicted octanol–water partition coefficient (Wildman–Crippen LogP) is 5.51. The lowest BCUT2D eigenvalue weighted by atomic mass is 9.95. The molecule has 2 amide bonds. The summed E-state index contributed by atoms with van der Waals surface area (Å²) in [6.45, 7) is 5.18. The molecular weight excluding hydrogens is 498 g/mol. The number of amides is 2. The summed E-state index contributed by atoms with van der Waals surface area (Å²) in [6, 6.07) is 18.9. The van der Waals surface area contributed by atoms with Crippen molar-refractivity contribution in [2.45, 2.75) is 63.8 Å². The van der Waals surface area contributed by atoms with Crippen LogP contribution in [0.1, 0.15) is 59.2 Å². The lowest BCUT2D eigenvalue weighted by Crippen LogP contribution is -2.39. The summed E-state index contributed by atoms with van der Waals surface area (Å²) in [6.07, 6.45) is 5.26. The minimum absolute atomic E-state index is 0.101. The minimum Gasteiger partial charge on any atom is -0.349 e. The molecule has 8 heteroatoms. The highest BCUT2D eigenvalue weighted by molar-refractivity contribution is 7.92. The van der Waals surface area contributed by atoms with E-state index in [4.69, 9.17) is 0 Å². The second-order valence-electron chi connectivity index (χ2n) is 9.95. The summed E-state index contributed by atoms with van der Waals surface area (Å²) < 4.78 is 28.7. The zero-order valence-electron chi connectivity index (χ0n) is 22.2. The molecule has 0 aromatic heterocycles. The quantitative estimate of drug-likeness (QED) is 0.399. The number of hydrogen-bond acceptors (Lipinski definition) is 4. The fraction of sp³-hybridized carbons (Fsp3) is 0.333. The number of anilines is 2. The molecule has 0 saturated heterocycles. The Labute approximate surface area is 225 Å². The number of aryl methyl sites for hydroxylation is 2. The van der Waals surface area contributed by atoms with E-state index in [1.165, 1.54) is 6.42 Å². The molecule has 0 atom stereocenters. The maximum atomic E-state index is 13.8. The van der Waals surface area contributed by atoms with Gasteiger partial charge in [0.15, 0.2) is 0 Å². The van der Waals surface area contributed by atoms with Crippen LogP contribution < -0.4 is 14.9 Å². The van der Waals surface area contributed by atoms with Gasteiger partial charge in [0.05, 0.1) is 21.8 Å². The minimum atomic E-state index is -4.05. The average Bonchev–Trinajstić information content (AvgIpc) is 2.90. The highest BCUT2D eigenvalue weighted by Crippen LogP contribution is 2.29. The first kappa shape index (κ1) is 27.4. The van der Waals surface area contributed by atoms with Crippen molar-refractivity contribution in [1.82, 2.24) is 5.32 Å². The Hall–Kier alpha value is -3.65. The van der Waals surface area contributed by atoms with Gasteiger partial charge in [0, 0.05) is 6.04 Å². The Morgan fingerprint density at radius 1 is 0.868 bits per heavy atom. The summed E-state index contributed by atoms with van der Waals surface area (Å²) in [5.74, 6) is -0.786. The van der Waals surface area contributed by atoms with Crippen molar-refractivity contribution in [3.05, 3.63) is 89.0 Å². The van der Waals surface area contributed by atoms with Gasteiger partial charge in [0.1, 0.15) is 6.54 Å². The van der Waals surface area contributed by atoms with Crippen LogP contribution in [-0.4, -0.2) is 32.8 Å². The fourth-order valence-corrected chi connectivity index (χ4v) is 6.24. The topological polar surface area (TPSA) is 95.6 Å². The van der Waals surface area contributed by atoms with E-state index in [2.05, 4.69) is 10.6 Å². The van der Waals surface area contributed by atoms with Crippen molar-refractivity contribution >= 4 is 33.2 Å². The van der Waals surface area contributed by atoms with E-state index in [1.54, 1.807) is 60.7 Å². The predicted molar refractivity (Wildman–Crippen MR) is 151 cm³/mol. The van der Waals surface area contributed by atoms with E-state index >= 15 is 0 Å². The molecule has 0 heterocycles. The number of benzene rings is 3. The first-order chi connectivity index (χ1) is 18.2. The third-order valence-corrected chi connectivity index (χ3v) is 8.90. The summed E-state index contributed by atoms with van der Waals surface area (Å²) >= 11 is 0. The Kier molecular flexibility index (Phi) is 8.52. The number of carbonyl (C=O) groups excluding carboxylic acids is 2. The molecule has 2 N–H and O–H groups in total. The standard InChI is InChI=1S/C30H35N3O4S/c1-21-16-18-25(19-17-21)38(36,37)33(28-15-9-10-22(2)23(28)3)20-29(34)32-27-14-8-7-13-26(27)30(35)31-24-11-5-4-6-12-24/h7-10,13-19,24H,4-6,11-12,20H2,1-3H3,(H,31,35)(H,32,34). The molecule has 0 aliphatic heterocycles. The van der Waals surface area contributed by atoms with Crippen molar-refractivity contribution in [3.63, 3.8) is 0 Å². The summed E-state index contributed by atoms with van der Waals surface area (Å²) in [5, 5.41) is 5.87. The van der Waals surface area contributed by atoms with Crippen LogP contribution in [-0.2, 0) is 14.8 Å². The van der Waals surface area contributed by atoms with E-state index < -0.39 is 22.5 Å². The molecule has 4 rings (SSSR count). The second-order valence-corrected chi connectivity index (χ2v) is 11.8. The molecule has 200 valence electrons. The highest BCUT2D eigenvalue weighted by atomic mass is 32.2. The third-order valence-electron chi connectivity index (χ3n) is 7.13. The van der Waals surface area contributed by atoms with Crippen molar-refractivity contribution in [1.29, 1.82) is 0 Å². The van der Waals surface area contributed by atoms with Crippen LogP contribution >= 0.6 is 0 Å². The molecule has 1 fully saturated rings. The molecule has 1 saturated carbocycles. The molecule has 0 spiro atoms. The van der Waals surface area contributed by atoms with E-state index in [0.717, 1.165) is 46.7 Å². The fourth-order valence-electron chi connectivity index (χ4n) is 4.76. The second kappa shape index (κ2) is 11.8. The molecule has 0 radical (unpaired) electrons. The first-order valence-corrected chi connectivity index (χ1v) is 14.5. The molecule has 7 nitrogen and oxygen atoms in total. The van der Waals surface area contributed by atoms with Gasteiger partial charge in [-0.1, -0.05) is 61.2 Å². The van der Waals surface area contributed by atoms with Gasteiger partial charge in [0.2, 0.25) is 5.91 Å². The van der Waals surface area contributed by atoms with E-state index in [0.29, 0.717) is 16.9 Å². The normalized spacial score (nSPS) is 14.1. The van der Waals surface area contributed by atoms with Gasteiger partial charge in [-0.15, -0.1) is 0 Å². The zero-order chi connectivity index (χ0) is 27.3. The van der Waals surface area contributed by atoms with Gasteiger partial charge in [0.25, 0.3) is 15.9 Å². The Morgan fingerprint density at radius 3 is 2.26 bits per heavy atom. The van der Waals surface area contributed by atoms with Gasteiger partial charge in [-0.25, -0.2) is 8.42 Å². The molecule has 0 bridgehead atoms. The molecule has 1 aliphatic carbocycles. The third kappa shape index (κ3) is 6.25. The van der Waals surface area contributed by atoms with Gasteiger partial charge >= 0.3 is 0 Å². The Bertz CT molecular complexity index is 1410. The van der Waals surface area contributed by atoms with Gasteiger partial charge < -0.3 is 10.6 Å². The molecule has 3 aromatic rings. The van der Waals surface area contributed by atoms with Crippen molar-refractivity contribution in [2.24, 2.45) is 0 Å². The SMILES string of the molecule is Cc1ccc(S(=O)(=O)N(CC(=O)Nc2ccccc2C(=O)NC2CCCCC2)c2cccc(C)c2C)cc1. The van der Waals surface area contributed by atoms with Crippen LogP contribution in [0.15, 0.2) is 71.6 Å². The monoisotopic (exact) mass is 533 g/mol. The first-order valence-electron chi connectivity index (χ1n) is 13.0. The van der Waals surface area contributed by atoms with Crippen LogP contribution in [0.5, 0.6) is 0 Å². The molecule has 1 aliphatic rings. The van der Waals surface area contributed by atoms with Crippen molar-refractivity contribution in [3.8, 4) is 0 Å². The number of nitrogens with zero attached hydrogens (tertiary/aromatic N) is 1. The van der Waals surface area contributed by atoms with Crippen molar-refractivity contribution < 1.29 is 18.0 Å². The summed E-state index contributed by atoms with van der Waals surface area (Å²) in [7, 11) is -4.05. The lowest BCUT2D eigenvalue weighted by Gasteiger charge is -2.26. The summed E-state index contributed by atoms with van der Waals surface area (Å²) in [4.78, 5) is 26.5. The van der Waals surface area contributed by atoms with E-state index in [9.17, 15) is 18.0 Å². The molecule has 0 unspecified atom stereocenters. The number of hydrogen-bond donors (Lipinski definition) is 2. The number of rotatable bonds is 8. The maximum absolute atomic E-state index is 13.8. The van der Waals surface area contributed by atoms with E-state index in [1.807, 2.05) is 26.8 Å². The number of para-hydroxylation sites is 1. The van der Waals surface area contributed by atoms with Gasteiger partial charge in [-0.2, -0.15) is 0 Å². The Balaban J connectivity index is 1.61. The van der Waals surface area contributed by atoms with Crippen molar-refractivity contribution in [2.75, 3.05) is 16.2 Å². The van der Waals surface area contributed by atoms with Crippen LogP contribution in [0.3, 0.4) is 0 Å². The highest BCUT2D eigenvalue weighted by Gasteiger charge is 2.29. The number of nitrogens with one attached hydrogen (secondary N) is 2. The average molecular weight is 534 g/mol. The maximum Gasteiger partial charge on any atom is 0.264 e. The van der Waals surface area contributed by atoms with Crippen LogP contribution in [0, 0.1) is 20.8 Å². The lowest BCUT2D eigenvalue weighted by molar-refractivity contribution is -0.114. The molecule has 3 aromatic carbocycles. The molecular formula is C30H35N3O4S. The molecule has 38 heavy (non-hydrogen) atoms.